The number of carboxylic acids is 1. The molecule has 3 rings (SSSR count). The van der Waals surface area contributed by atoms with Crippen LogP contribution >= 0.6 is 0 Å². The molecule has 1 N–H and O–H groups in total. The molecule has 0 bridgehead atoms. The van der Waals surface area contributed by atoms with Gasteiger partial charge in [0.05, 0.1) is 12.2 Å². The van der Waals surface area contributed by atoms with Crippen LogP contribution in [0, 0.1) is 0 Å². The molecular weight excluding hydrogens is 402 g/mol. The van der Waals surface area contributed by atoms with Gasteiger partial charge in [0.25, 0.3) is 0 Å². The van der Waals surface area contributed by atoms with Crippen molar-refractivity contribution < 1.29 is 18.3 Å². The van der Waals surface area contributed by atoms with Crippen molar-refractivity contribution in [1.29, 1.82) is 0 Å². The third-order valence-electron chi connectivity index (χ3n) is 4.79. The monoisotopic (exact) mass is 425 g/mol. The predicted molar refractivity (Wildman–Crippen MR) is 114 cm³/mol. The molecule has 1 atom stereocenters. The molecule has 0 spiro atoms. The summed E-state index contributed by atoms with van der Waals surface area (Å²) in [5, 5.41) is 9.22. The Balaban J connectivity index is 1.79. The fourth-order valence-corrected chi connectivity index (χ4v) is 3.78. The second kappa shape index (κ2) is 9.15. The smallest absolute Gasteiger partial charge is 0.310 e. The molecule has 0 aliphatic rings. The first-order chi connectivity index (χ1) is 14.2. The Morgan fingerprint density at radius 1 is 1.00 bits per heavy atom. The maximum absolute atomic E-state index is 12.4. The van der Waals surface area contributed by atoms with Gasteiger partial charge >= 0.3 is 5.97 Å². The lowest BCUT2D eigenvalue weighted by Crippen LogP contribution is -2.29. The van der Waals surface area contributed by atoms with Gasteiger partial charge in [-0.3, -0.25) is 4.79 Å². The third kappa shape index (κ3) is 5.49. The van der Waals surface area contributed by atoms with E-state index in [0.29, 0.717) is 11.4 Å². The van der Waals surface area contributed by atoms with Gasteiger partial charge in [-0.25, -0.2) is 18.4 Å². The van der Waals surface area contributed by atoms with Crippen molar-refractivity contribution in [3.63, 3.8) is 0 Å². The van der Waals surface area contributed by atoms with Gasteiger partial charge in [0.15, 0.2) is 5.82 Å². The highest BCUT2D eigenvalue weighted by Crippen LogP contribution is 2.21. The van der Waals surface area contributed by atoms with Crippen LogP contribution in [0.1, 0.15) is 29.5 Å². The normalized spacial score (nSPS) is 12.6. The Morgan fingerprint density at radius 2 is 1.63 bits per heavy atom. The summed E-state index contributed by atoms with van der Waals surface area (Å²) in [6.07, 6.45) is 4.50. The Hall–Kier alpha value is -3.10. The molecule has 1 aromatic heterocycles. The van der Waals surface area contributed by atoms with Gasteiger partial charge in [0.1, 0.15) is 0 Å². The summed E-state index contributed by atoms with van der Waals surface area (Å²) >= 11 is 0. The van der Waals surface area contributed by atoms with Crippen LogP contribution in [0.15, 0.2) is 67.0 Å². The molecule has 1 unspecified atom stereocenters. The molecule has 0 fully saturated rings. The minimum atomic E-state index is -3.48. The lowest BCUT2D eigenvalue weighted by molar-refractivity contribution is -0.138. The maximum atomic E-state index is 12.4. The fraction of sp³-hybridized carbons (Fsp3) is 0.227. The first-order valence-corrected chi connectivity index (χ1v) is 11.2. The summed E-state index contributed by atoms with van der Waals surface area (Å²) in [7, 11) is -3.48. The Labute approximate surface area is 176 Å². The van der Waals surface area contributed by atoms with Crippen LogP contribution in [0.5, 0.6) is 0 Å². The summed E-state index contributed by atoms with van der Waals surface area (Å²) in [5.74, 6) is -0.979. The van der Waals surface area contributed by atoms with E-state index in [1.165, 1.54) is 10.6 Å². The molecule has 2 aromatic carbocycles. The van der Waals surface area contributed by atoms with Crippen LogP contribution in [0.25, 0.3) is 11.4 Å². The SMILES string of the molecule is CC(C(=O)O)c1cccc(CN(Cc2ccc(-c3ncccn3)cc2)S(C)(=O)=O)c1. The number of rotatable bonds is 8. The van der Waals surface area contributed by atoms with Gasteiger partial charge < -0.3 is 5.11 Å². The summed E-state index contributed by atoms with van der Waals surface area (Å²) in [5.41, 5.74) is 3.05. The van der Waals surface area contributed by atoms with E-state index in [-0.39, 0.29) is 13.1 Å². The quantitative estimate of drug-likeness (QED) is 0.594. The number of aliphatic carboxylic acids is 1. The maximum Gasteiger partial charge on any atom is 0.310 e. The summed E-state index contributed by atoms with van der Waals surface area (Å²) in [6, 6.07) is 16.2. The molecule has 156 valence electrons. The first kappa shape index (κ1) is 21.6. The van der Waals surface area contributed by atoms with E-state index < -0.39 is 21.9 Å². The van der Waals surface area contributed by atoms with Crippen LogP contribution in [-0.2, 0) is 27.9 Å². The van der Waals surface area contributed by atoms with Crippen LogP contribution in [0.3, 0.4) is 0 Å². The van der Waals surface area contributed by atoms with Crippen molar-refractivity contribution in [2.75, 3.05) is 6.26 Å². The van der Waals surface area contributed by atoms with E-state index in [4.69, 9.17) is 0 Å². The average molecular weight is 426 g/mol. The molecule has 3 aromatic rings. The zero-order valence-corrected chi connectivity index (χ0v) is 17.6. The number of benzene rings is 2. The van der Waals surface area contributed by atoms with Crippen LogP contribution in [-0.4, -0.2) is 40.0 Å². The molecule has 1 heterocycles. The molecule has 0 saturated heterocycles. The Kier molecular flexibility index (Phi) is 6.59. The largest absolute Gasteiger partial charge is 0.481 e. The van der Waals surface area contributed by atoms with E-state index in [0.717, 1.165) is 16.7 Å². The number of nitrogens with zero attached hydrogens (tertiary/aromatic N) is 3. The van der Waals surface area contributed by atoms with Crippen molar-refractivity contribution in [2.45, 2.75) is 25.9 Å². The zero-order chi connectivity index (χ0) is 21.7. The Morgan fingerprint density at radius 3 is 2.23 bits per heavy atom. The number of hydrogen-bond acceptors (Lipinski definition) is 5. The second-order valence-electron chi connectivity index (χ2n) is 7.11. The summed E-state index contributed by atoms with van der Waals surface area (Å²) in [6.45, 7) is 1.96. The summed E-state index contributed by atoms with van der Waals surface area (Å²) in [4.78, 5) is 19.7. The highest BCUT2D eigenvalue weighted by atomic mass is 32.2. The fourth-order valence-electron chi connectivity index (χ4n) is 3.01. The average Bonchev–Trinajstić information content (AvgIpc) is 2.73. The first-order valence-electron chi connectivity index (χ1n) is 9.37. The van der Waals surface area contributed by atoms with Crippen LogP contribution in [0.2, 0.25) is 0 Å². The third-order valence-corrected chi connectivity index (χ3v) is 5.98. The van der Waals surface area contributed by atoms with E-state index in [9.17, 15) is 18.3 Å². The zero-order valence-electron chi connectivity index (χ0n) is 16.8. The molecule has 7 nitrogen and oxygen atoms in total. The van der Waals surface area contributed by atoms with Crippen LogP contribution in [0.4, 0.5) is 0 Å². The molecule has 0 aliphatic carbocycles. The molecule has 8 heteroatoms. The van der Waals surface area contributed by atoms with Crippen molar-refractivity contribution >= 4 is 16.0 Å². The van der Waals surface area contributed by atoms with Crippen molar-refractivity contribution in [3.05, 3.63) is 83.7 Å². The van der Waals surface area contributed by atoms with Gasteiger partial charge in [-0.15, -0.1) is 0 Å². The number of carbonyl (C=O) groups is 1. The lowest BCUT2D eigenvalue weighted by atomic mass is 9.99. The Bertz CT molecular complexity index is 1120. The highest BCUT2D eigenvalue weighted by Gasteiger charge is 2.19. The van der Waals surface area contributed by atoms with Crippen molar-refractivity contribution in [2.24, 2.45) is 0 Å². The second-order valence-corrected chi connectivity index (χ2v) is 9.09. The number of sulfonamides is 1. The van der Waals surface area contributed by atoms with Crippen molar-refractivity contribution in [3.8, 4) is 11.4 Å². The van der Waals surface area contributed by atoms with Crippen LogP contribution < -0.4 is 0 Å². The predicted octanol–water partition coefficient (Wildman–Crippen LogP) is 3.29. The van der Waals surface area contributed by atoms with Gasteiger partial charge in [0.2, 0.25) is 10.0 Å². The van der Waals surface area contributed by atoms with Gasteiger partial charge in [-0.05, 0) is 29.7 Å². The molecule has 0 amide bonds. The highest BCUT2D eigenvalue weighted by molar-refractivity contribution is 7.88. The van der Waals surface area contributed by atoms with Crippen molar-refractivity contribution in [1.82, 2.24) is 14.3 Å². The van der Waals surface area contributed by atoms with Gasteiger partial charge in [-0.2, -0.15) is 4.31 Å². The van der Waals surface area contributed by atoms with E-state index in [1.807, 2.05) is 24.3 Å². The topological polar surface area (TPSA) is 100 Å². The lowest BCUT2D eigenvalue weighted by Gasteiger charge is -2.21. The van der Waals surface area contributed by atoms with E-state index in [2.05, 4.69) is 9.97 Å². The number of carboxylic acid groups (broad SMARTS) is 1. The van der Waals surface area contributed by atoms with Gasteiger partial charge in [0, 0.05) is 31.0 Å². The number of aromatic nitrogens is 2. The molecule has 0 radical (unpaired) electrons. The minimum absolute atomic E-state index is 0.155. The van der Waals surface area contributed by atoms with Gasteiger partial charge in [-0.1, -0.05) is 48.5 Å². The molecule has 30 heavy (non-hydrogen) atoms. The number of hydrogen-bond donors (Lipinski definition) is 1. The molecule has 0 saturated carbocycles. The van der Waals surface area contributed by atoms with E-state index >= 15 is 0 Å². The molecular formula is C22H23N3O4S. The summed E-state index contributed by atoms with van der Waals surface area (Å²) < 4.78 is 26.1. The standard InChI is InChI=1S/C22H23N3O4S/c1-16(22(26)27)20-6-3-5-18(13-20)15-25(30(2,28)29)14-17-7-9-19(10-8-17)21-23-11-4-12-24-21/h3-13,16H,14-15H2,1-2H3,(H,26,27). The minimum Gasteiger partial charge on any atom is -0.481 e. The molecule has 0 aliphatic heterocycles. The van der Waals surface area contributed by atoms with E-state index in [1.54, 1.807) is 49.6 Å².